The highest BCUT2D eigenvalue weighted by molar-refractivity contribution is 9.10. The van der Waals surface area contributed by atoms with Crippen molar-refractivity contribution in [1.82, 2.24) is 5.16 Å². The number of rotatable bonds is 1. The molecule has 0 atom stereocenters. The molecule has 0 saturated carbocycles. The molecular formula is C9H6BrClN2O. The Morgan fingerprint density at radius 2 is 2.14 bits per heavy atom. The van der Waals surface area contributed by atoms with Gasteiger partial charge in [-0.1, -0.05) is 16.8 Å². The lowest BCUT2D eigenvalue weighted by Gasteiger charge is -1.98. The van der Waals surface area contributed by atoms with Crippen LogP contribution < -0.4 is 5.73 Å². The van der Waals surface area contributed by atoms with Crippen molar-refractivity contribution in [1.29, 1.82) is 0 Å². The van der Waals surface area contributed by atoms with E-state index in [1.165, 1.54) is 0 Å². The minimum atomic E-state index is 0.367. The van der Waals surface area contributed by atoms with Gasteiger partial charge in [-0.15, -0.1) is 0 Å². The molecule has 0 aliphatic carbocycles. The van der Waals surface area contributed by atoms with E-state index < -0.39 is 0 Å². The SMILES string of the molecule is Nc1cc(-c2ccc(Cl)c(Br)c2)on1. The standard InChI is InChI=1S/C9H6BrClN2O/c10-6-3-5(1-2-7(6)11)8-4-9(12)13-14-8/h1-4H,(H2,12,13). The number of aromatic nitrogens is 1. The van der Waals surface area contributed by atoms with Crippen LogP contribution in [0.1, 0.15) is 0 Å². The Hall–Kier alpha value is -1.00. The molecule has 1 heterocycles. The minimum Gasteiger partial charge on any atom is -0.381 e. The van der Waals surface area contributed by atoms with Gasteiger partial charge in [0.05, 0.1) is 5.02 Å². The van der Waals surface area contributed by atoms with E-state index >= 15 is 0 Å². The van der Waals surface area contributed by atoms with Crippen LogP contribution in [-0.4, -0.2) is 5.16 Å². The molecule has 72 valence electrons. The predicted octanol–water partition coefficient (Wildman–Crippen LogP) is 3.34. The van der Waals surface area contributed by atoms with Crippen LogP contribution in [-0.2, 0) is 0 Å². The van der Waals surface area contributed by atoms with Crippen LogP contribution in [0.2, 0.25) is 5.02 Å². The van der Waals surface area contributed by atoms with E-state index in [0.717, 1.165) is 10.0 Å². The fourth-order valence-corrected chi connectivity index (χ4v) is 1.57. The van der Waals surface area contributed by atoms with Crippen molar-refractivity contribution in [2.24, 2.45) is 0 Å². The lowest BCUT2D eigenvalue weighted by atomic mass is 10.2. The van der Waals surface area contributed by atoms with Crippen molar-refractivity contribution in [3.05, 3.63) is 33.8 Å². The Bertz CT molecular complexity index is 470. The molecule has 0 radical (unpaired) electrons. The first-order valence-corrected chi connectivity index (χ1v) is 5.01. The molecule has 1 aromatic carbocycles. The molecule has 0 fully saturated rings. The highest BCUT2D eigenvalue weighted by Gasteiger charge is 2.06. The monoisotopic (exact) mass is 272 g/mol. The van der Waals surface area contributed by atoms with Gasteiger partial charge in [-0.25, -0.2) is 0 Å². The van der Waals surface area contributed by atoms with Gasteiger partial charge in [0.2, 0.25) is 0 Å². The molecule has 0 spiro atoms. The van der Waals surface area contributed by atoms with E-state index in [1.54, 1.807) is 12.1 Å². The summed E-state index contributed by atoms with van der Waals surface area (Å²) in [5, 5.41) is 4.25. The molecule has 0 unspecified atom stereocenters. The summed E-state index contributed by atoms with van der Waals surface area (Å²) in [6.45, 7) is 0. The van der Waals surface area contributed by atoms with Gasteiger partial charge in [-0.2, -0.15) is 0 Å². The van der Waals surface area contributed by atoms with Crippen LogP contribution in [0.4, 0.5) is 5.82 Å². The predicted molar refractivity (Wildman–Crippen MR) is 59.1 cm³/mol. The number of hydrogen-bond donors (Lipinski definition) is 1. The molecule has 0 aliphatic heterocycles. The molecule has 1 aromatic heterocycles. The smallest absolute Gasteiger partial charge is 0.169 e. The van der Waals surface area contributed by atoms with E-state index in [9.17, 15) is 0 Å². The second-order valence-electron chi connectivity index (χ2n) is 2.74. The zero-order valence-electron chi connectivity index (χ0n) is 7.00. The Kier molecular flexibility index (Phi) is 2.48. The van der Waals surface area contributed by atoms with E-state index in [0.29, 0.717) is 16.6 Å². The summed E-state index contributed by atoms with van der Waals surface area (Å²) in [6, 6.07) is 7.13. The van der Waals surface area contributed by atoms with Gasteiger partial charge in [-0.3, -0.25) is 0 Å². The second kappa shape index (κ2) is 3.63. The Labute approximate surface area is 94.0 Å². The van der Waals surface area contributed by atoms with Crippen LogP contribution in [0, 0.1) is 0 Å². The molecule has 2 N–H and O–H groups in total. The van der Waals surface area contributed by atoms with Gasteiger partial charge in [0.25, 0.3) is 0 Å². The van der Waals surface area contributed by atoms with Crippen molar-refractivity contribution in [2.75, 3.05) is 5.73 Å². The van der Waals surface area contributed by atoms with Crippen LogP contribution in [0.3, 0.4) is 0 Å². The van der Waals surface area contributed by atoms with Crippen LogP contribution >= 0.6 is 27.5 Å². The third-order valence-electron chi connectivity index (χ3n) is 1.73. The second-order valence-corrected chi connectivity index (χ2v) is 4.01. The van der Waals surface area contributed by atoms with Crippen molar-refractivity contribution < 1.29 is 4.52 Å². The topological polar surface area (TPSA) is 52.0 Å². The quantitative estimate of drug-likeness (QED) is 0.867. The zero-order chi connectivity index (χ0) is 10.1. The third kappa shape index (κ3) is 1.76. The van der Waals surface area contributed by atoms with Gasteiger partial charge in [-0.05, 0) is 34.1 Å². The highest BCUT2D eigenvalue weighted by atomic mass is 79.9. The summed E-state index contributed by atoms with van der Waals surface area (Å²) in [5.41, 5.74) is 6.32. The molecule has 0 amide bonds. The Morgan fingerprint density at radius 3 is 2.71 bits per heavy atom. The van der Waals surface area contributed by atoms with E-state index in [4.69, 9.17) is 21.9 Å². The van der Waals surface area contributed by atoms with Crippen LogP contribution in [0.5, 0.6) is 0 Å². The highest BCUT2D eigenvalue weighted by Crippen LogP contribution is 2.29. The minimum absolute atomic E-state index is 0.367. The molecule has 2 rings (SSSR count). The summed E-state index contributed by atoms with van der Waals surface area (Å²) < 4.78 is 5.82. The van der Waals surface area contributed by atoms with Crippen molar-refractivity contribution in [3.8, 4) is 11.3 Å². The lowest BCUT2D eigenvalue weighted by Crippen LogP contribution is -1.80. The summed E-state index contributed by atoms with van der Waals surface area (Å²) in [5.74, 6) is 0.992. The van der Waals surface area contributed by atoms with Crippen molar-refractivity contribution in [3.63, 3.8) is 0 Å². The molecule has 5 heteroatoms. The Morgan fingerprint density at radius 1 is 1.36 bits per heavy atom. The average Bonchev–Trinajstić information content (AvgIpc) is 2.57. The maximum Gasteiger partial charge on any atom is 0.169 e. The number of anilines is 1. The number of benzene rings is 1. The first kappa shape index (κ1) is 9.55. The first-order valence-electron chi connectivity index (χ1n) is 3.84. The summed E-state index contributed by atoms with van der Waals surface area (Å²) in [6.07, 6.45) is 0. The van der Waals surface area contributed by atoms with Crippen molar-refractivity contribution in [2.45, 2.75) is 0 Å². The van der Waals surface area contributed by atoms with Gasteiger partial charge in [0, 0.05) is 16.1 Å². The summed E-state index contributed by atoms with van der Waals surface area (Å²) in [7, 11) is 0. The van der Waals surface area contributed by atoms with Gasteiger partial charge >= 0.3 is 0 Å². The molecule has 14 heavy (non-hydrogen) atoms. The van der Waals surface area contributed by atoms with Crippen molar-refractivity contribution >= 4 is 33.3 Å². The van der Waals surface area contributed by atoms with Crippen LogP contribution in [0.25, 0.3) is 11.3 Å². The number of nitrogens with zero attached hydrogens (tertiary/aromatic N) is 1. The summed E-state index contributed by atoms with van der Waals surface area (Å²) >= 11 is 9.18. The number of halogens is 2. The average molecular weight is 274 g/mol. The summed E-state index contributed by atoms with van der Waals surface area (Å²) in [4.78, 5) is 0. The Balaban J connectivity index is 2.47. The van der Waals surface area contributed by atoms with Gasteiger partial charge in [0.1, 0.15) is 0 Å². The van der Waals surface area contributed by atoms with E-state index in [2.05, 4.69) is 21.1 Å². The fourth-order valence-electron chi connectivity index (χ4n) is 1.07. The van der Waals surface area contributed by atoms with Gasteiger partial charge < -0.3 is 10.3 Å². The number of nitrogen functional groups attached to an aromatic ring is 1. The largest absolute Gasteiger partial charge is 0.381 e. The van der Waals surface area contributed by atoms with E-state index in [-0.39, 0.29) is 0 Å². The number of nitrogens with two attached hydrogens (primary N) is 1. The number of hydrogen-bond acceptors (Lipinski definition) is 3. The molecule has 0 saturated heterocycles. The molecule has 0 aliphatic rings. The normalized spacial score (nSPS) is 10.4. The molecule has 0 bridgehead atoms. The fraction of sp³-hybridized carbons (Fsp3) is 0. The van der Waals surface area contributed by atoms with Gasteiger partial charge in [0.15, 0.2) is 11.6 Å². The van der Waals surface area contributed by atoms with E-state index in [1.807, 2.05) is 12.1 Å². The molecule has 3 nitrogen and oxygen atoms in total. The maximum atomic E-state index is 5.86. The molecule has 2 aromatic rings. The first-order chi connectivity index (χ1) is 6.66. The maximum absolute atomic E-state index is 5.86. The van der Waals surface area contributed by atoms with Crippen LogP contribution in [0.15, 0.2) is 33.3 Å². The zero-order valence-corrected chi connectivity index (χ0v) is 9.34. The third-order valence-corrected chi connectivity index (χ3v) is 2.95. The lowest BCUT2D eigenvalue weighted by molar-refractivity contribution is 0.436. The molecular weight excluding hydrogens is 267 g/mol.